The van der Waals surface area contributed by atoms with Crippen LogP contribution in [0, 0.1) is 0 Å². The lowest BCUT2D eigenvalue weighted by molar-refractivity contribution is 0.979. The third-order valence-electron chi connectivity index (χ3n) is 11.8. The second-order valence-corrected chi connectivity index (χ2v) is 16.7. The summed E-state index contributed by atoms with van der Waals surface area (Å²) in [4.78, 5) is 10.6. The van der Waals surface area contributed by atoms with Gasteiger partial charge in [-0.15, -0.1) is 11.3 Å². The number of hydrogen-bond donors (Lipinski definition) is 0. The molecular formula is C57H36N4S. The first kappa shape index (κ1) is 35.9. The number of benzene rings is 8. The van der Waals surface area contributed by atoms with Crippen LogP contribution >= 0.6 is 11.3 Å². The molecule has 62 heavy (non-hydrogen) atoms. The van der Waals surface area contributed by atoms with E-state index in [0.717, 1.165) is 83.6 Å². The van der Waals surface area contributed by atoms with Crippen molar-refractivity contribution in [3.05, 3.63) is 218 Å². The molecule has 8 aromatic carbocycles. The number of nitrogens with zero attached hydrogens (tertiary/aromatic N) is 4. The van der Waals surface area contributed by atoms with E-state index in [-0.39, 0.29) is 0 Å². The van der Waals surface area contributed by atoms with Crippen LogP contribution in [0.5, 0.6) is 0 Å². The molecule has 0 fully saturated rings. The highest BCUT2D eigenvalue weighted by Gasteiger charge is 2.22. The van der Waals surface area contributed by atoms with Crippen molar-refractivity contribution in [2.45, 2.75) is 0 Å². The molecule has 0 aliphatic carbocycles. The summed E-state index contributed by atoms with van der Waals surface area (Å²) < 4.78 is 4.74. The van der Waals surface area contributed by atoms with Gasteiger partial charge in [-0.2, -0.15) is 5.10 Å². The van der Waals surface area contributed by atoms with E-state index < -0.39 is 0 Å². The lowest BCUT2D eigenvalue weighted by atomic mass is 9.95. The highest BCUT2D eigenvalue weighted by atomic mass is 32.1. The molecule has 0 saturated carbocycles. The maximum atomic E-state index is 5.45. The minimum atomic E-state index is 0.676. The first-order valence-corrected chi connectivity index (χ1v) is 21.7. The van der Waals surface area contributed by atoms with Crippen LogP contribution in [0.25, 0.3) is 115 Å². The second-order valence-electron chi connectivity index (χ2n) is 15.6. The van der Waals surface area contributed by atoms with Gasteiger partial charge in [0.25, 0.3) is 0 Å². The Balaban J connectivity index is 1.04. The first-order valence-electron chi connectivity index (χ1n) is 20.8. The lowest BCUT2D eigenvalue weighted by Crippen LogP contribution is -1.96. The maximum absolute atomic E-state index is 5.45. The molecule has 0 N–H and O–H groups in total. The molecule has 290 valence electrons. The van der Waals surface area contributed by atoms with E-state index in [2.05, 4.69) is 217 Å². The number of hydrogen-bond acceptors (Lipinski definition) is 4. The van der Waals surface area contributed by atoms with Crippen LogP contribution in [0.1, 0.15) is 0 Å². The van der Waals surface area contributed by atoms with Crippen LogP contribution < -0.4 is 0 Å². The van der Waals surface area contributed by atoms with Gasteiger partial charge in [-0.25, -0.2) is 14.5 Å². The fourth-order valence-corrected chi connectivity index (χ4v) is 9.92. The topological polar surface area (TPSA) is 43.1 Å². The zero-order chi connectivity index (χ0) is 41.0. The van der Waals surface area contributed by atoms with Crippen molar-refractivity contribution >= 4 is 47.8 Å². The van der Waals surface area contributed by atoms with Crippen LogP contribution in [-0.4, -0.2) is 19.6 Å². The summed E-state index contributed by atoms with van der Waals surface area (Å²) in [5, 5.41) is 10.3. The quantitative estimate of drug-likeness (QED) is 0.161. The SMILES string of the molecule is c1ccc(-c2cc(-c3cccc(-c4c(-c5ccccc5)nn5c(-c6ccccc6)cc6ccccc6c45)c3)nc(-c3cccc(-c4ccc5sc6ccccc6c5c4)c3)n2)cc1. The molecular weight excluding hydrogens is 773 g/mol. The minimum absolute atomic E-state index is 0.676. The summed E-state index contributed by atoms with van der Waals surface area (Å²) in [6, 6.07) is 77.3. The van der Waals surface area contributed by atoms with Crippen LogP contribution in [0.4, 0.5) is 0 Å². The molecule has 0 amide bonds. The highest BCUT2D eigenvalue weighted by Crippen LogP contribution is 2.42. The van der Waals surface area contributed by atoms with Crippen molar-refractivity contribution in [2.75, 3.05) is 0 Å². The molecule has 0 aliphatic heterocycles. The van der Waals surface area contributed by atoms with Gasteiger partial charge in [-0.1, -0.05) is 176 Å². The number of fused-ring (bicyclic) bond motifs is 6. The summed E-state index contributed by atoms with van der Waals surface area (Å²) in [5.41, 5.74) is 14.3. The smallest absolute Gasteiger partial charge is 0.160 e. The Morgan fingerprint density at radius 3 is 1.71 bits per heavy atom. The summed E-state index contributed by atoms with van der Waals surface area (Å²) in [6.45, 7) is 0. The van der Waals surface area contributed by atoms with Gasteiger partial charge in [-0.05, 0) is 64.5 Å². The largest absolute Gasteiger partial charge is 0.231 e. The Kier molecular flexibility index (Phi) is 8.65. The number of thiophene rings is 1. The van der Waals surface area contributed by atoms with Crippen molar-refractivity contribution < 1.29 is 0 Å². The van der Waals surface area contributed by atoms with Gasteiger partial charge < -0.3 is 0 Å². The molecule has 4 aromatic heterocycles. The Labute approximate surface area is 362 Å². The lowest BCUT2D eigenvalue weighted by Gasteiger charge is -2.13. The van der Waals surface area contributed by atoms with Crippen LogP contribution in [0.2, 0.25) is 0 Å². The zero-order valence-electron chi connectivity index (χ0n) is 33.5. The second kappa shape index (κ2) is 14.9. The monoisotopic (exact) mass is 808 g/mol. The Morgan fingerprint density at radius 1 is 0.355 bits per heavy atom. The van der Waals surface area contributed by atoms with Gasteiger partial charge in [0.1, 0.15) is 5.69 Å². The van der Waals surface area contributed by atoms with Crippen LogP contribution in [0.15, 0.2) is 218 Å². The molecule has 0 aliphatic rings. The normalized spacial score (nSPS) is 11.5. The van der Waals surface area contributed by atoms with Gasteiger partial charge in [-0.3, -0.25) is 0 Å². The molecule has 0 atom stereocenters. The molecule has 12 aromatic rings. The van der Waals surface area contributed by atoms with E-state index >= 15 is 0 Å². The predicted molar refractivity (Wildman–Crippen MR) is 259 cm³/mol. The highest BCUT2D eigenvalue weighted by molar-refractivity contribution is 7.25. The molecule has 0 saturated heterocycles. The number of aromatic nitrogens is 4. The van der Waals surface area contributed by atoms with E-state index in [1.54, 1.807) is 0 Å². The summed E-state index contributed by atoms with van der Waals surface area (Å²) in [5.74, 6) is 0.676. The Hall–Kier alpha value is -7.99. The zero-order valence-corrected chi connectivity index (χ0v) is 34.3. The van der Waals surface area contributed by atoms with Crippen molar-refractivity contribution in [3.63, 3.8) is 0 Å². The molecule has 0 spiro atoms. The maximum Gasteiger partial charge on any atom is 0.160 e. The van der Waals surface area contributed by atoms with E-state index in [4.69, 9.17) is 15.1 Å². The van der Waals surface area contributed by atoms with Crippen LogP contribution in [0.3, 0.4) is 0 Å². The summed E-state index contributed by atoms with van der Waals surface area (Å²) in [7, 11) is 0. The van der Waals surface area contributed by atoms with E-state index in [1.165, 1.54) is 25.7 Å². The van der Waals surface area contributed by atoms with Gasteiger partial charge in [0.05, 0.1) is 22.6 Å². The molecule has 0 radical (unpaired) electrons. The molecule has 4 heterocycles. The summed E-state index contributed by atoms with van der Waals surface area (Å²) >= 11 is 1.84. The van der Waals surface area contributed by atoms with Gasteiger partial charge in [0, 0.05) is 58.9 Å². The van der Waals surface area contributed by atoms with E-state index in [9.17, 15) is 0 Å². The molecule has 0 bridgehead atoms. The molecule has 4 nitrogen and oxygen atoms in total. The van der Waals surface area contributed by atoms with Crippen molar-refractivity contribution in [3.8, 4) is 78.7 Å². The Bertz CT molecular complexity index is 3630. The van der Waals surface area contributed by atoms with E-state index in [1.807, 2.05) is 17.4 Å². The number of rotatable bonds is 7. The van der Waals surface area contributed by atoms with E-state index in [0.29, 0.717) is 5.82 Å². The predicted octanol–water partition coefficient (Wildman–Crippen LogP) is 15.3. The third kappa shape index (κ3) is 6.26. The van der Waals surface area contributed by atoms with Crippen molar-refractivity contribution in [1.29, 1.82) is 0 Å². The van der Waals surface area contributed by atoms with Crippen molar-refractivity contribution in [2.24, 2.45) is 0 Å². The van der Waals surface area contributed by atoms with Crippen LogP contribution in [-0.2, 0) is 0 Å². The third-order valence-corrected chi connectivity index (χ3v) is 13.0. The fourth-order valence-electron chi connectivity index (χ4n) is 8.83. The average Bonchev–Trinajstić information content (AvgIpc) is 3.94. The van der Waals surface area contributed by atoms with Gasteiger partial charge in [0.2, 0.25) is 0 Å². The molecule has 0 unspecified atom stereocenters. The molecule has 12 rings (SSSR count). The number of pyridine rings is 1. The Morgan fingerprint density at radius 2 is 0.919 bits per heavy atom. The summed E-state index contributed by atoms with van der Waals surface area (Å²) in [6.07, 6.45) is 0. The average molecular weight is 809 g/mol. The molecule has 5 heteroatoms. The van der Waals surface area contributed by atoms with Gasteiger partial charge in [0.15, 0.2) is 5.82 Å². The standard InChI is InChI=1S/C57H36N4S/c1-4-16-37(17-5-1)49-36-50(59-57(58-49)45-26-14-23-40(32-45)41-30-31-53-48(34-41)47-28-12-13-29-52(47)62-53)43-24-15-25-44(33-43)54-55(39-20-8-3-9-21-39)60-61-51(38-18-6-2-7-19-38)35-42-22-10-11-27-46(42)56(54)61/h1-36H. The minimum Gasteiger partial charge on any atom is -0.231 e. The first-order chi connectivity index (χ1) is 30.7. The van der Waals surface area contributed by atoms with Gasteiger partial charge >= 0.3 is 0 Å². The van der Waals surface area contributed by atoms with Crippen molar-refractivity contribution in [1.82, 2.24) is 19.6 Å². The fraction of sp³-hybridized carbons (Fsp3) is 0.